The third-order valence-corrected chi connectivity index (χ3v) is 18.1. The summed E-state index contributed by atoms with van der Waals surface area (Å²) in [7, 11) is -2.24. The van der Waals surface area contributed by atoms with Crippen LogP contribution in [0.4, 0.5) is 15.5 Å². The first kappa shape index (κ1) is 41.0. The number of likely N-dealkylation sites (tertiary alicyclic amines) is 1. The van der Waals surface area contributed by atoms with E-state index in [-0.39, 0.29) is 53.4 Å². The standard InChI is InChI=1S/C35H42N4O11S3Si/c1-8-15-48-32(44)24-13-14-25(52-24)36-28(40)23-16-22(17-37(23)34(45)49-18-20-9-11-21(12-10-20)39(46)47)51-33-27(31(42)43)38-29(41)26(30(38)53-33)19(2)50-54(6,7)35(3,4)5/h8-14,19,22-23,26,30H,1,15-18H2,2-7H3,(H,36,40)(H,42,43)/t19?,22-,23-,26-,30+/m0/s1. The Balaban J connectivity index is 1.32. The molecule has 0 aliphatic carbocycles. The number of carbonyl (C=O) groups is 5. The number of thiophene rings is 1. The number of thioether (sulfide) groups is 2. The SMILES string of the molecule is C=CCOC(=O)c1ccc(NC(=O)[C@@H]2C[C@H](SC3=C(C(=O)O)N4C(=O)[C@H](C(C)O[Si](C)(C)C(C)(C)C)[C@H]4S3)CN2C(=O)OCc2ccc([N+](=O)[O-])cc2)s1. The summed E-state index contributed by atoms with van der Waals surface area (Å²) in [5.74, 6) is -3.27. The second-order valence-corrected chi connectivity index (χ2v) is 23.0. The summed E-state index contributed by atoms with van der Waals surface area (Å²) in [6.45, 7) is 15.7. The lowest BCUT2D eigenvalue weighted by Crippen LogP contribution is -2.62. The van der Waals surface area contributed by atoms with E-state index < -0.39 is 65.9 Å². The predicted octanol–water partition coefficient (Wildman–Crippen LogP) is 6.65. The number of nitro groups is 1. The highest BCUT2D eigenvalue weighted by atomic mass is 32.2. The number of non-ortho nitro benzene ring substituents is 1. The van der Waals surface area contributed by atoms with Crippen LogP contribution in [0.15, 0.2) is 59.0 Å². The Kier molecular flexibility index (Phi) is 12.4. The van der Waals surface area contributed by atoms with Crippen molar-refractivity contribution in [1.82, 2.24) is 9.80 Å². The van der Waals surface area contributed by atoms with Crippen LogP contribution in [0, 0.1) is 16.0 Å². The molecular formula is C35H42N4O11S3Si. The Morgan fingerprint density at radius 2 is 1.85 bits per heavy atom. The highest BCUT2D eigenvalue weighted by Crippen LogP contribution is 2.56. The number of nitrogens with one attached hydrogen (secondary N) is 1. The minimum atomic E-state index is -2.24. The van der Waals surface area contributed by atoms with E-state index in [1.165, 1.54) is 75.8 Å². The van der Waals surface area contributed by atoms with E-state index in [4.69, 9.17) is 13.9 Å². The summed E-state index contributed by atoms with van der Waals surface area (Å²) in [6.07, 6.45) is 0.292. The van der Waals surface area contributed by atoms with Crippen molar-refractivity contribution in [2.24, 2.45) is 5.92 Å². The van der Waals surface area contributed by atoms with Crippen molar-refractivity contribution in [3.63, 3.8) is 0 Å². The molecule has 2 fully saturated rings. The highest BCUT2D eigenvalue weighted by molar-refractivity contribution is 8.23. The first-order chi connectivity index (χ1) is 25.3. The second-order valence-electron chi connectivity index (χ2n) is 14.4. The van der Waals surface area contributed by atoms with Crippen molar-refractivity contribution in [3.05, 3.63) is 79.5 Å². The molecule has 290 valence electrons. The first-order valence-electron chi connectivity index (χ1n) is 17.0. The number of hydrogen-bond donors (Lipinski definition) is 2. The van der Waals surface area contributed by atoms with E-state index >= 15 is 0 Å². The van der Waals surface area contributed by atoms with Crippen LogP contribution < -0.4 is 5.32 Å². The zero-order valence-electron chi connectivity index (χ0n) is 30.6. The summed E-state index contributed by atoms with van der Waals surface area (Å²) in [5.41, 5.74) is 0.233. The summed E-state index contributed by atoms with van der Waals surface area (Å²) in [6, 6.07) is 7.49. The Bertz CT molecular complexity index is 1880. The molecule has 2 saturated heterocycles. The summed E-state index contributed by atoms with van der Waals surface area (Å²) in [4.78, 5) is 78.9. The van der Waals surface area contributed by atoms with Crippen molar-refractivity contribution in [3.8, 4) is 0 Å². The van der Waals surface area contributed by atoms with Gasteiger partial charge in [-0.15, -0.1) is 23.1 Å². The minimum absolute atomic E-state index is 0.00923. The molecule has 0 bridgehead atoms. The van der Waals surface area contributed by atoms with Crippen LogP contribution in [0.5, 0.6) is 0 Å². The fraction of sp³-hybridized carbons (Fsp3) is 0.457. The van der Waals surface area contributed by atoms with Gasteiger partial charge in [0.05, 0.1) is 26.2 Å². The van der Waals surface area contributed by atoms with Crippen molar-refractivity contribution in [1.29, 1.82) is 0 Å². The maximum atomic E-state index is 13.7. The third kappa shape index (κ3) is 8.69. The van der Waals surface area contributed by atoms with Gasteiger partial charge in [0.15, 0.2) is 14.0 Å². The van der Waals surface area contributed by atoms with Gasteiger partial charge in [0.2, 0.25) is 11.8 Å². The van der Waals surface area contributed by atoms with Gasteiger partial charge in [-0.2, -0.15) is 0 Å². The summed E-state index contributed by atoms with van der Waals surface area (Å²) in [5, 5.41) is 23.4. The molecule has 2 aromatic rings. The maximum Gasteiger partial charge on any atom is 0.410 e. The van der Waals surface area contributed by atoms with E-state index in [1.807, 2.05) is 6.92 Å². The topological polar surface area (TPSA) is 195 Å². The number of aliphatic carboxylic acids is 1. The molecule has 0 radical (unpaired) electrons. The van der Waals surface area contributed by atoms with E-state index in [2.05, 4.69) is 45.8 Å². The number of carboxylic acids is 1. The molecule has 5 rings (SSSR count). The van der Waals surface area contributed by atoms with Crippen LogP contribution >= 0.6 is 34.9 Å². The van der Waals surface area contributed by atoms with Crippen LogP contribution in [0.2, 0.25) is 18.1 Å². The average molecular weight is 819 g/mol. The van der Waals surface area contributed by atoms with Gasteiger partial charge in [-0.25, -0.2) is 14.4 Å². The largest absolute Gasteiger partial charge is 0.477 e. The fourth-order valence-corrected chi connectivity index (χ4v) is 11.5. The molecule has 2 N–H and O–H groups in total. The van der Waals surface area contributed by atoms with Crippen LogP contribution in [-0.2, 0) is 34.9 Å². The molecule has 3 aliphatic rings. The molecular weight excluding hydrogens is 777 g/mol. The number of carboxylic acid groups (broad SMARTS) is 1. The minimum Gasteiger partial charge on any atom is -0.477 e. The zero-order valence-corrected chi connectivity index (χ0v) is 34.0. The molecule has 1 unspecified atom stereocenters. The second kappa shape index (κ2) is 16.3. The number of fused-ring (bicyclic) bond motifs is 1. The van der Waals surface area contributed by atoms with Crippen LogP contribution in [0.3, 0.4) is 0 Å². The molecule has 54 heavy (non-hydrogen) atoms. The number of rotatable bonds is 14. The van der Waals surface area contributed by atoms with Gasteiger partial charge in [-0.1, -0.05) is 45.2 Å². The smallest absolute Gasteiger partial charge is 0.410 e. The molecule has 15 nitrogen and oxygen atoms in total. The van der Waals surface area contributed by atoms with E-state index in [0.29, 0.717) is 14.8 Å². The molecule has 1 aromatic heterocycles. The predicted molar refractivity (Wildman–Crippen MR) is 207 cm³/mol. The Morgan fingerprint density at radius 3 is 2.46 bits per heavy atom. The van der Waals surface area contributed by atoms with Gasteiger partial charge in [0, 0.05) is 23.9 Å². The van der Waals surface area contributed by atoms with Gasteiger partial charge in [-0.3, -0.25) is 29.5 Å². The van der Waals surface area contributed by atoms with Gasteiger partial charge in [0.1, 0.15) is 29.5 Å². The van der Waals surface area contributed by atoms with Crippen molar-refractivity contribution >= 4 is 83.7 Å². The number of esters is 1. The summed E-state index contributed by atoms with van der Waals surface area (Å²) >= 11 is 3.46. The Hall–Kier alpha value is -4.17. The number of ether oxygens (including phenoxy) is 2. The number of amides is 3. The quantitative estimate of drug-likeness (QED) is 0.0515. The fourth-order valence-electron chi connectivity index (χ4n) is 5.89. The zero-order chi connectivity index (χ0) is 39.7. The molecule has 19 heteroatoms. The van der Waals surface area contributed by atoms with E-state index in [1.54, 1.807) is 0 Å². The molecule has 3 amide bonds. The van der Waals surface area contributed by atoms with Crippen molar-refractivity contribution < 1.29 is 47.9 Å². The number of benzene rings is 1. The molecule has 3 aliphatic heterocycles. The van der Waals surface area contributed by atoms with Crippen LogP contribution in [0.25, 0.3) is 0 Å². The van der Waals surface area contributed by atoms with Gasteiger partial charge >= 0.3 is 18.0 Å². The number of β-lactam (4-membered cyclic amide) rings is 1. The molecule has 0 spiro atoms. The molecule has 4 heterocycles. The Labute approximate surface area is 325 Å². The Morgan fingerprint density at radius 1 is 1.17 bits per heavy atom. The normalized spacial score (nSPS) is 21.6. The van der Waals surface area contributed by atoms with E-state index in [9.17, 15) is 39.2 Å². The van der Waals surface area contributed by atoms with Crippen LogP contribution in [0.1, 0.15) is 49.4 Å². The number of anilines is 1. The molecule has 0 saturated carbocycles. The van der Waals surface area contributed by atoms with Crippen molar-refractivity contribution in [2.75, 3.05) is 18.5 Å². The van der Waals surface area contributed by atoms with Gasteiger partial charge in [0.25, 0.3) is 5.69 Å². The lowest BCUT2D eigenvalue weighted by molar-refractivity contribution is -0.384. The first-order valence-corrected chi connectivity index (χ1v) is 22.5. The van der Waals surface area contributed by atoms with Gasteiger partial charge < -0.3 is 24.3 Å². The van der Waals surface area contributed by atoms with E-state index in [0.717, 1.165) is 11.3 Å². The number of carbonyl (C=O) groups excluding carboxylic acids is 4. The van der Waals surface area contributed by atoms with Crippen LogP contribution in [-0.4, -0.2) is 93.9 Å². The number of hydrogen-bond acceptors (Lipinski definition) is 13. The number of nitrogens with zero attached hydrogens (tertiary/aromatic N) is 3. The van der Waals surface area contributed by atoms with Crippen molar-refractivity contribution in [2.45, 2.75) is 81.6 Å². The third-order valence-electron chi connectivity index (χ3n) is 9.71. The van der Waals surface area contributed by atoms with Gasteiger partial charge in [-0.05, 0) is 61.3 Å². The summed E-state index contributed by atoms with van der Waals surface area (Å²) < 4.78 is 17.5. The molecule has 1 aromatic carbocycles. The molecule has 5 atom stereocenters. The number of nitro benzene ring substituents is 1. The maximum absolute atomic E-state index is 13.7. The lowest BCUT2D eigenvalue weighted by atomic mass is 9.92. The highest BCUT2D eigenvalue weighted by Gasteiger charge is 2.59. The average Bonchev–Trinajstić information content (AvgIpc) is 3.82. The monoisotopic (exact) mass is 818 g/mol. The lowest BCUT2D eigenvalue weighted by Gasteiger charge is -2.48.